The molecule has 0 aliphatic rings. The molecular weight excluding hydrogens is 406 g/mol. The van der Waals surface area contributed by atoms with Gasteiger partial charge in [-0.1, -0.05) is 74.0 Å². The largest absolute Gasteiger partial charge is 0.356 e. The van der Waals surface area contributed by atoms with E-state index in [2.05, 4.69) is 41.9 Å². The van der Waals surface area contributed by atoms with E-state index in [0.29, 0.717) is 30.3 Å². The van der Waals surface area contributed by atoms with Crippen LogP contribution in [0.5, 0.6) is 0 Å². The highest BCUT2D eigenvalue weighted by molar-refractivity contribution is 6.33. The number of imidazole rings is 1. The number of nitrogens with zero attached hydrogens (tertiary/aromatic N) is 2. The third-order valence-electron chi connectivity index (χ3n) is 5.25. The summed E-state index contributed by atoms with van der Waals surface area (Å²) in [6, 6.07) is 22.0. The zero-order valence-corrected chi connectivity index (χ0v) is 18.6. The van der Waals surface area contributed by atoms with Crippen molar-refractivity contribution in [3.8, 4) is 22.4 Å². The zero-order chi connectivity index (χ0) is 21.8. The number of amides is 1. The summed E-state index contributed by atoms with van der Waals surface area (Å²) in [5, 5.41) is 3.72. The lowest BCUT2D eigenvalue weighted by molar-refractivity contribution is -0.121. The molecule has 31 heavy (non-hydrogen) atoms. The summed E-state index contributed by atoms with van der Waals surface area (Å²) < 4.78 is 2.09. The van der Waals surface area contributed by atoms with Crippen molar-refractivity contribution in [2.45, 2.75) is 26.7 Å². The lowest BCUT2D eigenvalue weighted by Crippen LogP contribution is -2.27. The first kappa shape index (κ1) is 21.1. The van der Waals surface area contributed by atoms with E-state index in [1.165, 1.54) is 0 Å². The molecule has 1 N–H and O–H groups in total. The van der Waals surface area contributed by atoms with Gasteiger partial charge in [0.25, 0.3) is 0 Å². The van der Waals surface area contributed by atoms with Crippen molar-refractivity contribution in [1.29, 1.82) is 0 Å². The molecule has 0 aliphatic heterocycles. The number of carbonyl (C=O) groups excluding carboxylic acids is 1. The van der Waals surface area contributed by atoms with Crippen LogP contribution in [0.1, 0.15) is 26.0 Å². The molecule has 2 aromatic heterocycles. The molecule has 0 aliphatic carbocycles. The highest BCUT2D eigenvalue weighted by Gasteiger charge is 2.16. The second-order valence-corrected chi connectivity index (χ2v) is 8.50. The van der Waals surface area contributed by atoms with Gasteiger partial charge in [0.05, 0.1) is 11.4 Å². The third kappa shape index (κ3) is 4.80. The lowest BCUT2D eigenvalue weighted by atomic mass is 10.1. The van der Waals surface area contributed by atoms with Gasteiger partial charge in [-0.15, -0.1) is 0 Å². The quantitative estimate of drug-likeness (QED) is 0.388. The number of fused-ring (bicyclic) bond motifs is 1. The Bertz CT molecular complexity index is 1200. The molecule has 0 atom stereocenters. The highest BCUT2D eigenvalue weighted by atomic mass is 35.5. The Kier molecular flexibility index (Phi) is 6.38. The van der Waals surface area contributed by atoms with E-state index in [9.17, 15) is 4.79 Å². The minimum Gasteiger partial charge on any atom is -0.356 e. The smallest absolute Gasteiger partial charge is 0.220 e. The van der Waals surface area contributed by atoms with E-state index < -0.39 is 0 Å². The van der Waals surface area contributed by atoms with Gasteiger partial charge >= 0.3 is 0 Å². The van der Waals surface area contributed by atoms with Crippen LogP contribution in [0.25, 0.3) is 28.0 Å². The van der Waals surface area contributed by atoms with Crippen molar-refractivity contribution in [1.82, 2.24) is 14.7 Å². The van der Waals surface area contributed by atoms with E-state index in [0.717, 1.165) is 33.7 Å². The average molecular weight is 432 g/mol. The monoisotopic (exact) mass is 431 g/mol. The van der Waals surface area contributed by atoms with E-state index in [-0.39, 0.29) is 5.91 Å². The summed E-state index contributed by atoms with van der Waals surface area (Å²) in [6.07, 6.45) is 3.08. The molecule has 2 aromatic carbocycles. The molecule has 1 amide bonds. The molecule has 0 radical (unpaired) electrons. The predicted molar refractivity (Wildman–Crippen MR) is 127 cm³/mol. The van der Waals surface area contributed by atoms with Gasteiger partial charge in [0.2, 0.25) is 5.91 Å². The minimum atomic E-state index is 0.0601. The minimum absolute atomic E-state index is 0.0601. The van der Waals surface area contributed by atoms with E-state index in [4.69, 9.17) is 16.6 Å². The van der Waals surface area contributed by atoms with Gasteiger partial charge in [-0.05, 0) is 36.1 Å². The molecule has 0 saturated carbocycles. The van der Waals surface area contributed by atoms with Crippen molar-refractivity contribution in [3.63, 3.8) is 0 Å². The van der Waals surface area contributed by atoms with Crippen LogP contribution in [0.4, 0.5) is 0 Å². The molecule has 5 heteroatoms. The maximum atomic E-state index is 12.4. The summed E-state index contributed by atoms with van der Waals surface area (Å²) >= 11 is 6.44. The standard InChI is InChI=1S/C26H26ClN3O/c1-18(2)16-28-25(31)15-13-23-26(19-8-4-3-5-9-19)29-24-14-12-20(17-30(23)24)21-10-6-7-11-22(21)27/h3-12,14,17-18H,13,15-16H2,1-2H3,(H,28,31). The number of pyridine rings is 1. The van der Waals surface area contributed by atoms with E-state index in [1.54, 1.807) is 0 Å². The molecule has 4 nitrogen and oxygen atoms in total. The van der Waals surface area contributed by atoms with Crippen molar-refractivity contribution in [3.05, 3.63) is 83.6 Å². The number of benzene rings is 2. The normalized spacial score (nSPS) is 11.2. The maximum Gasteiger partial charge on any atom is 0.220 e. The topological polar surface area (TPSA) is 46.4 Å². The molecule has 0 fully saturated rings. The summed E-state index contributed by atoms with van der Waals surface area (Å²) in [7, 11) is 0. The molecule has 0 saturated heterocycles. The summed E-state index contributed by atoms with van der Waals surface area (Å²) in [4.78, 5) is 17.3. The summed E-state index contributed by atoms with van der Waals surface area (Å²) in [6.45, 7) is 4.87. The Balaban J connectivity index is 1.75. The molecule has 4 rings (SSSR count). The highest BCUT2D eigenvalue weighted by Crippen LogP contribution is 2.31. The average Bonchev–Trinajstić information content (AvgIpc) is 3.15. The number of rotatable bonds is 7. The molecule has 0 bridgehead atoms. The van der Waals surface area contributed by atoms with Crippen LogP contribution in [-0.4, -0.2) is 21.8 Å². The van der Waals surface area contributed by atoms with Crippen LogP contribution in [0.15, 0.2) is 72.9 Å². The number of aromatic nitrogens is 2. The van der Waals surface area contributed by atoms with Gasteiger partial charge in [-0.3, -0.25) is 4.79 Å². The second kappa shape index (κ2) is 9.36. The van der Waals surface area contributed by atoms with Crippen LogP contribution < -0.4 is 5.32 Å². The van der Waals surface area contributed by atoms with E-state index in [1.807, 2.05) is 54.6 Å². The second-order valence-electron chi connectivity index (χ2n) is 8.10. The van der Waals surface area contributed by atoms with Crippen molar-refractivity contribution >= 4 is 23.2 Å². The van der Waals surface area contributed by atoms with Gasteiger partial charge in [-0.25, -0.2) is 4.98 Å². The van der Waals surface area contributed by atoms with Crippen molar-refractivity contribution in [2.24, 2.45) is 5.92 Å². The number of halogens is 1. The van der Waals surface area contributed by atoms with E-state index >= 15 is 0 Å². The van der Waals surface area contributed by atoms with Gasteiger partial charge < -0.3 is 9.72 Å². The first-order valence-corrected chi connectivity index (χ1v) is 11.0. The molecule has 0 spiro atoms. The number of aryl methyl sites for hydroxylation is 1. The number of hydrogen-bond acceptors (Lipinski definition) is 2. The Morgan fingerprint density at radius 1 is 1.00 bits per heavy atom. The van der Waals surface area contributed by atoms with Crippen LogP contribution >= 0.6 is 11.6 Å². The maximum absolute atomic E-state index is 12.4. The van der Waals surface area contributed by atoms with Crippen LogP contribution in [0.2, 0.25) is 5.02 Å². The Hall–Kier alpha value is -3.11. The molecule has 4 aromatic rings. The van der Waals surface area contributed by atoms with Gasteiger partial charge in [0.1, 0.15) is 5.65 Å². The molecular formula is C26H26ClN3O. The van der Waals surface area contributed by atoms with Gasteiger partial charge in [-0.2, -0.15) is 0 Å². The fourth-order valence-corrected chi connectivity index (χ4v) is 3.90. The number of carbonyl (C=O) groups is 1. The summed E-state index contributed by atoms with van der Waals surface area (Å²) in [5.74, 6) is 0.489. The molecule has 2 heterocycles. The fraction of sp³-hybridized carbons (Fsp3) is 0.231. The number of hydrogen-bond donors (Lipinski definition) is 1. The first-order valence-electron chi connectivity index (χ1n) is 10.6. The van der Waals surface area contributed by atoms with Gasteiger partial charge in [0.15, 0.2) is 0 Å². The number of nitrogens with one attached hydrogen (secondary N) is 1. The third-order valence-corrected chi connectivity index (χ3v) is 5.58. The van der Waals surface area contributed by atoms with Crippen molar-refractivity contribution in [2.75, 3.05) is 6.54 Å². The first-order chi connectivity index (χ1) is 15.0. The Morgan fingerprint density at radius 2 is 1.74 bits per heavy atom. The molecule has 0 unspecified atom stereocenters. The lowest BCUT2D eigenvalue weighted by Gasteiger charge is -2.10. The SMILES string of the molecule is CC(C)CNC(=O)CCc1c(-c2ccccc2)nc2ccc(-c3ccccc3Cl)cn12. The van der Waals surface area contributed by atoms with Crippen LogP contribution in [0.3, 0.4) is 0 Å². The zero-order valence-electron chi connectivity index (χ0n) is 17.8. The van der Waals surface area contributed by atoms with Crippen molar-refractivity contribution < 1.29 is 4.79 Å². The predicted octanol–water partition coefficient (Wildman–Crippen LogP) is 6.03. The Labute approximate surface area is 187 Å². The van der Waals surface area contributed by atoms with Crippen LogP contribution in [-0.2, 0) is 11.2 Å². The Morgan fingerprint density at radius 3 is 2.48 bits per heavy atom. The summed E-state index contributed by atoms with van der Waals surface area (Å²) in [5.41, 5.74) is 5.82. The fourth-order valence-electron chi connectivity index (χ4n) is 3.65. The van der Waals surface area contributed by atoms with Gasteiger partial charge in [0, 0.05) is 35.3 Å². The molecule has 158 valence electrons. The van der Waals surface area contributed by atoms with Crippen LogP contribution in [0, 0.1) is 5.92 Å².